The van der Waals surface area contributed by atoms with Gasteiger partial charge in [-0.1, -0.05) is 12.1 Å². The lowest BCUT2D eigenvalue weighted by Gasteiger charge is -2.21. The summed E-state index contributed by atoms with van der Waals surface area (Å²) in [5, 5.41) is 2.80. The van der Waals surface area contributed by atoms with Crippen molar-refractivity contribution in [2.45, 2.75) is 13.5 Å². The molecule has 28 heavy (non-hydrogen) atoms. The van der Waals surface area contributed by atoms with E-state index in [0.29, 0.717) is 49.1 Å². The summed E-state index contributed by atoms with van der Waals surface area (Å²) in [7, 11) is 1.62. The van der Waals surface area contributed by atoms with E-state index in [1.807, 2.05) is 19.1 Å². The van der Waals surface area contributed by atoms with E-state index in [2.05, 4.69) is 5.32 Å². The van der Waals surface area contributed by atoms with E-state index < -0.39 is 0 Å². The molecule has 7 nitrogen and oxygen atoms in total. The highest BCUT2D eigenvalue weighted by Crippen LogP contribution is 2.32. The first-order chi connectivity index (χ1) is 13.6. The second-order valence-corrected chi connectivity index (χ2v) is 6.36. The molecule has 2 amide bonds. The second-order valence-electron chi connectivity index (χ2n) is 6.36. The number of benzene rings is 2. The number of likely N-dealkylation sites (N-methyl/N-ethyl adjacent to an activating group) is 1. The van der Waals surface area contributed by atoms with Gasteiger partial charge >= 0.3 is 0 Å². The Hall–Kier alpha value is -3.06. The average Bonchev–Trinajstić information content (AvgIpc) is 2.72. The predicted octanol–water partition coefficient (Wildman–Crippen LogP) is 2.71. The van der Waals surface area contributed by atoms with Gasteiger partial charge in [-0.25, -0.2) is 0 Å². The molecule has 0 atom stereocenters. The van der Waals surface area contributed by atoms with Gasteiger partial charge in [-0.05, 0) is 36.8 Å². The molecule has 0 aliphatic carbocycles. The van der Waals surface area contributed by atoms with Crippen LogP contribution in [-0.4, -0.2) is 50.1 Å². The quantitative estimate of drug-likeness (QED) is 0.794. The molecular formula is C21H24N2O5. The van der Waals surface area contributed by atoms with Crippen LogP contribution in [-0.2, 0) is 16.1 Å². The van der Waals surface area contributed by atoms with Crippen molar-refractivity contribution in [3.05, 3.63) is 53.6 Å². The molecule has 7 heteroatoms. The van der Waals surface area contributed by atoms with E-state index in [4.69, 9.17) is 14.2 Å². The second kappa shape index (κ2) is 9.23. The van der Waals surface area contributed by atoms with Crippen molar-refractivity contribution in [3.8, 4) is 11.5 Å². The van der Waals surface area contributed by atoms with Crippen LogP contribution in [0.3, 0.4) is 0 Å². The van der Waals surface area contributed by atoms with Crippen LogP contribution in [0.4, 0.5) is 5.69 Å². The van der Waals surface area contributed by atoms with E-state index in [-0.39, 0.29) is 18.4 Å². The molecule has 0 unspecified atom stereocenters. The van der Waals surface area contributed by atoms with E-state index in [9.17, 15) is 9.59 Å². The van der Waals surface area contributed by atoms with Gasteiger partial charge in [0.25, 0.3) is 5.91 Å². The zero-order chi connectivity index (χ0) is 19.9. The number of rotatable bonds is 7. The van der Waals surface area contributed by atoms with E-state index in [0.717, 1.165) is 5.56 Å². The van der Waals surface area contributed by atoms with Gasteiger partial charge in [0.1, 0.15) is 19.8 Å². The molecule has 2 aromatic carbocycles. The summed E-state index contributed by atoms with van der Waals surface area (Å²) >= 11 is 0. The fraction of sp³-hybridized carbons (Fsp3) is 0.333. The van der Waals surface area contributed by atoms with Crippen molar-refractivity contribution < 1.29 is 23.8 Å². The largest absolute Gasteiger partial charge is 0.486 e. The topological polar surface area (TPSA) is 77.1 Å². The number of carbonyl (C=O) groups is 2. The highest BCUT2D eigenvalue weighted by molar-refractivity contribution is 5.99. The van der Waals surface area contributed by atoms with Gasteiger partial charge in [-0.2, -0.15) is 0 Å². The van der Waals surface area contributed by atoms with Crippen molar-refractivity contribution in [1.29, 1.82) is 0 Å². The van der Waals surface area contributed by atoms with Crippen molar-refractivity contribution >= 4 is 17.5 Å². The van der Waals surface area contributed by atoms with Gasteiger partial charge in [-0.3, -0.25) is 9.59 Å². The Morgan fingerprint density at radius 1 is 1.07 bits per heavy atom. The SMILES string of the molecule is CCN(CC(=O)Nc1ccc2c(c1)OCCO2)C(=O)c1ccc(COC)cc1. The Bertz CT molecular complexity index is 835. The fourth-order valence-electron chi connectivity index (χ4n) is 2.91. The Balaban J connectivity index is 1.61. The summed E-state index contributed by atoms with van der Waals surface area (Å²) in [6.07, 6.45) is 0. The maximum atomic E-state index is 12.7. The van der Waals surface area contributed by atoms with Crippen molar-refractivity contribution in [2.24, 2.45) is 0 Å². The number of hydrogen-bond donors (Lipinski definition) is 1. The Morgan fingerprint density at radius 2 is 1.79 bits per heavy atom. The van der Waals surface area contributed by atoms with Crippen LogP contribution in [0, 0.1) is 0 Å². The van der Waals surface area contributed by atoms with Crippen molar-refractivity contribution in [1.82, 2.24) is 4.90 Å². The number of nitrogens with zero attached hydrogens (tertiary/aromatic N) is 1. The summed E-state index contributed by atoms with van der Waals surface area (Å²) in [4.78, 5) is 26.6. The molecule has 0 spiro atoms. The minimum atomic E-state index is -0.275. The standard InChI is InChI=1S/C21H24N2O5/c1-3-23(21(25)16-6-4-15(5-7-16)14-26-2)13-20(24)22-17-8-9-18-19(12-17)28-11-10-27-18/h4-9,12H,3,10-11,13-14H2,1-2H3,(H,22,24). The molecule has 2 aromatic rings. The minimum Gasteiger partial charge on any atom is -0.486 e. The van der Waals surface area contributed by atoms with Gasteiger partial charge in [0.05, 0.1) is 6.61 Å². The highest BCUT2D eigenvalue weighted by atomic mass is 16.6. The number of fused-ring (bicyclic) bond motifs is 1. The summed E-state index contributed by atoms with van der Waals surface area (Å²) in [5.74, 6) is 0.793. The van der Waals surface area contributed by atoms with Crippen LogP contribution in [0.2, 0.25) is 0 Å². The first-order valence-corrected chi connectivity index (χ1v) is 9.17. The molecule has 0 aromatic heterocycles. The summed E-state index contributed by atoms with van der Waals surface area (Å²) in [6, 6.07) is 12.4. The predicted molar refractivity (Wildman–Crippen MR) is 105 cm³/mol. The van der Waals surface area contributed by atoms with Crippen LogP contribution < -0.4 is 14.8 Å². The summed E-state index contributed by atoms with van der Waals surface area (Å²) < 4.78 is 16.1. The zero-order valence-electron chi connectivity index (χ0n) is 16.1. The average molecular weight is 384 g/mol. The molecule has 1 heterocycles. The van der Waals surface area contributed by atoms with Crippen LogP contribution in [0.5, 0.6) is 11.5 Å². The number of ether oxygens (including phenoxy) is 3. The first kappa shape index (κ1) is 19.7. The van der Waals surface area contributed by atoms with E-state index in [1.165, 1.54) is 4.90 Å². The molecule has 1 aliphatic rings. The number of hydrogen-bond acceptors (Lipinski definition) is 5. The van der Waals surface area contributed by atoms with Gasteiger partial charge in [0, 0.05) is 31.0 Å². The van der Waals surface area contributed by atoms with Gasteiger partial charge in [0.2, 0.25) is 5.91 Å². The zero-order valence-corrected chi connectivity index (χ0v) is 16.1. The molecule has 1 aliphatic heterocycles. The molecule has 0 bridgehead atoms. The lowest BCUT2D eigenvalue weighted by molar-refractivity contribution is -0.116. The highest BCUT2D eigenvalue weighted by Gasteiger charge is 2.18. The number of methoxy groups -OCH3 is 1. The van der Waals surface area contributed by atoms with Crippen molar-refractivity contribution in [3.63, 3.8) is 0 Å². The molecule has 0 saturated carbocycles. The normalized spacial score (nSPS) is 12.4. The lowest BCUT2D eigenvalue weighted by Crippen LogP contribution is -2.37. The number of nitrogens with one attached hydrogen (secondary N) is 1. The molecule has 0 radical (unpaired) electrons. The fourth-order valence-corrected chi connectivity index (χ4v) is 2.91. The maximum absolute atomic E-state index is 12.7. The van der Waals surface area contributed by atoms with Crippen LogP contribution >= 0.6 is 0 Å². The molecule has 1 N–H and O–H groups in total. The Kier molecular flexibility index (Phi) is 6.49. The maximum Gasteiger partial charge on any atom is 0.254 e. The molecule has 0 fully saturated rings. The van der Waals surface area contributed by atoms with Crippen LogP contribution in [0.1, 0.15) is 22.8 Å². The summed E-state index contributed by atoms with van der Waals surface area (Å²) in [5.41, 5.74) is 2.12. The molecular weight excluding hydrogens is 360 g/mol. The van der Waals surface area contributed by atoms with Gasteiger partial charge in [-0.15, -0.1) is 0 Å². The monoisotopic (exact) mass is 384 g/mol. The van der Waals surface area contributed by atoms with E-state index >= 15 is 0 Å². The van der Waals surface area contributed by atoms with Crippen molar-refractivity contribution in [2.75, 3.05) is 38.7 Å². The number of amides is 2. The lowest BCUT2D eigenvalue weighted by atomic mass is 10.1. The smallest absolute Gasteiger partial charge is 0.254 e. The van der Waals surface area contributed by atoms with E-state index in [1.54, 1.807) is 37.4 Å². The molecule has 3 rings (SSSR count). The number of anilines is 1. The molecule has 0 saturated heterocycles. The third-order valence-corrected chi connectivity index (χ3v) is 4.34. The number of carbonyl (C=O) groups excluding carboxylic acids is 2. The third kappa shape index (κ3) is 4.80. The Morgan fingerprint density at radius 3 is 2.46 bits per heavy atom. The van der Waals surface area contributed by atoms with Crippen LogP contribution in [0.15, 0.2) is 42.5 Å². The molecule has 148 valence electrons. The van der Waals surface area contributed by atoms with Gasteiger partial charge < -0.3 is 24.4 Å². The van der Waals surface area contributed by atoms with Gasteiger partial charge in [0.15, 0.2) is 11.5 Å². The Labute approximate surface area is 164 Å². The minimum absolute atomic E-state index is 0.0381. The van der Waals surface area contributed by atoms with Crippen LogP contribution in [0.25, 0.3) is 0 Å². The first-order valence-electron chi connectivity index (χ1n) is 9.17. The summed E-state index contributed by atoms with van der Waals surface area (Å²) in [6.45, 7) is 3.71. The third-order valence-electron chi connectivity index (χ3n) is 4.34.